The first kappa shape index (κ1) is 29.9. The van der Waals surface area contributed by atoms with E-state index in [4.69, 9.17) is 25.0 Å². The van der Waals surface area contributed by atoms with E-state index < -0.39 is 12.1 Å². The molecule has 11 heteroatoms. The lowest BCUT2D eigenvalue weighted by atomic mass is 9.84. The maximum Gasteiger partial charge on any atom is 0.490 e. The van der Waals surface area contributed by atoms with E-state index in [1.165, 1.54) is 12.8 Å². The Balaban J connectivity index is 0.000000532. The molecule has 39 heavy (non-hydrogen) atoms. The normalized spacial score (nSPS) is 14.9. The predicted octanol–water partition coefficient (Wildman–Crippen LogP) is 5.38. The van der Waals surface area contributed by atoms with Crippen molar-refractivity contribution in [2.24, 2.45) is 0 Å². The first-order valence-corrected chi connectivity index (χ1v) is 12.7. The molecule has 1 aromatic heterocycles. The van der Waals surface area contributed by atoms with Crippen molar-refractivity contribution in [3.63, 3.8) is 0 Å². The Hall–Kier alpha value is -3.63. The Morgan fingerprint density at radius 2 is 1.79 bits per heavy atom. The van der Waals surface area contributed by atoms with Crippen molar-refractivity contribution in [2.75, 3.05) is 32.1 Å². The number of benzene rings is 1. The van der Waals surface area contributed by atoms with Gasteiger partial charge in [-0.15, -0.1) is 0 Å². The minimum absolute atomic E-state index is 0.00150. The van der Waals surface area contributed by atoms with Crippen LogP contribution in [-0.4, -0.2) is 66.0 Å². The molecule has 1 fully saturated rings. The van der Waals surface area contributed by atoms with E-state index >= 15 is 0 Å². The lowest BCUT2D eigenvalue weighted by molar-refractivity contribution is -0.192. The number of halogens is 3. The number of anilines is 1. The zero-order valence-corrected chi connectivity index (χ0v) is 23.1. The lowest BCUT2D eigenvalue weighted by Gasteiger charge is -2.28. The van der Waals surface area contributed by atoms with Crippen molar-refractivity contribution in [3.8, 4) is 5.75 Å². The molecular weight excluding hydrogens is 513 g/mol. The summed E-state index contributed by atoms with van der Waals surface area (Å²) in [5.41, 5.74) is 5.24. The van der Waals surface area contributed by atoms with Gasteiger partial charge in [0.05, 0.1) is 18.8 Å². The number of ether oxygens (including phenoxy) is 1. The van der Waals surface area contributed by atoms with Crippen molar-refractivity contribution < 1.29 is 32.6 Å². The maximum absolute atomic E-state index is 13.4. The summed E-state index contributed by atoms with van der Waals surface area (Å²) in [5.74, 6) is -1.02. The van der Waals surface area contributed by atoms with Crippen molar-refractivity contribution in [3.05, 3.63) is 52.3 Å². The number of alkyl halides is 3. The minimum Gasteiger partial charge on any atom is -0.491 e. The van der Waals surface area contributed by atoms with Gasteiger partial charge in [-0.3, -0.25) is 10.2 Å². The Morgan fingerprint density at radius 1 is 1.18 bits per heavy atom. The Bertz CT molecular complexity index is 1260. The molecule has 1 aliphatic carbocycles. The molecule has 0 saturated heterocycles. The highest BCUT2D eigenvalue weighted by molar-refractivity contribution is 6.05. The number of nitrogens with one attached hydrogen (secondary N) is 1. The summed E-state index contributed by atoms with van der Waals surface area (Å²) < 4.78 is 37.7. The molecule has 0 bridgehead atoms. The number of carbonyl (C=O) groups is 2. The van der Waals surface area contributed by atoms with Crippen molar-refractivity contribution in [1.82, 2.24) is 9.88 Å². The highest BCUT2D eigenvalue weighted by Gasteiger charge is 2.38. The average molecular weight is 549 g/mol. The summed E-state index contributed by atoms with van der Waals surface area (Å²) in [6.45, 7) is 9.66. The van der Waals surface area contributed by atoms with Crippen LogP contribution in [0.25, 0.3) is 0 Å². The summed E-state index contributed by atoms with van der Waals surface area (Å²) >= 11 is 0. The molecule has 2 N–H and O–H groups in total. The molecule has 1 aliphatic heterocycles. The molecule has 4 rings (SSSR count). The topological polar surface area (TPSA) is 107 Å². The number of hydrogen-bond acceptors (Lipinski definition) is 6. The quantitative estimate of drug-likeness (QED) is 0.448. The Morgan fingerprint density at radius 3 is 2.28 bits per heavy atom. The first-order chi connectivity index (χ1) is 18.0. The summed E-state index contributed by atoms with van der Waals surface area (Å²) in [4.78, 5) is 30.9. The van der Waals surface area contributed by atoms with Crippen LogP contribution < -0.4 is 9.64 Å². The van der Waals surface area contributed by atoms with Gasteiger partial charge in [0.25, 0.3) is 0 Å². The van der Waals surface area contributed by atoms with Gasteiger partial charge in [0, 0.05) is 48.9 Å². The van der Waals surface area contributed by atoms with Crippen LogP contribution in [0.15, 0.2) is 24.3 Å². The van der Waals surface area contributed by atoms with Gasteiger partial charge in [0.2, 0.25) is 0 Å². The number of amidine groups is 1. The number of carboxylic acid groups (broad SMARTS) is 1. The lowest BCUT2D eigenvalue weighted by Crippen LogP contribution is -2.31. The highest BCUT2D eigenvalue weighted by Crippen LogP contribution is 2.41. The van der Waals surface area contributed by atoms with E-state index in [0.29, 0.717) is 30.5 Å². The van der Waals surface area contributed by atoms with Gasteiger partial charge in [-0.1, -0.05) is 26.8 Å². The summed E-state index contributed by atoms with van der Waals surface area (Å²) in [6.07, 6.45) is -2.72. The number of nitrogens with zero attached hydrogens (tertiary/aromatic N) is 3. The third kappa shape index (κ3) is 7.07. The van der Waals surface area contributed by atoms with Crippen LogP contribution in [0.5, 0.6) is 5.75 Å². The predicted molar refractivity (Wildman–Crippen MR) is 142 cm³/mol. The van der Waals surface area contributed by atoms with Crippen LogP contribution in [0.4, 0.5) is 18.9 Å². The molecule has 212 valence electrons. The van der Waals surface area contributed by atoms with Crippen LogP contribution in [-0.2, 0) is 16.8 Å². The number of fused-ring (bicyclic) bond motifs is 1. The Kier molecular flexibility index (Phi) is 8.62. The molecule has 1 saturated carbocycles. The Labute approximate surface area is 226 Å². The van der Waals surface area contributed by atoms with Crippen molar-refractivity contribution in [2.45, 2.75) is 64.6 Å². The standard InChI is InChI=1S/C26H34N4O2.C2HF3O2/c1-7-32-24-19(26(2,3)4)12-18(13-21(24)29(5)6)22(31)15-30-14-17-10-11-20(16-8-9-16)28-23(17)25(30)27;3-2(4,5)1(6)7/h10-13,16,27H,7-9,14-15H2,1-6H3;(H,6,7). The smallest absolute Gasteiger partial charge is 0.490 e. The third-order valence-corrected chi connectivity index (χ3v) is 6.44. The highest BCUT2D eigenvalue weighted by atomic mass is 19.4. The number of Topliss-reactive ketones (excluding diaryl/α,β-unsaturated/α-hetero) is 1. The fraction of sp³-hybridized carbons (Fsp3) is 0.500. The van der Waals surface area contributed by atoms with E-state index in [1.54, 1.807) is 0 Å². The number of pyridine rings is 1. The maximum atomic E-state index is 13.4. The van der Waals surface area contributed by atoms with Crippen molar-refractivity contribution >= 4 is 23.3 Å². The number of carboxylic acids is 1. The van der Waals surface area contributed by atoms with E-state index in [9.17, 15) is 18.0 Å². The van der Waals surface area contributed by atoms with E-state index in [-0.39, 0.29) is 17.7 Å². The molecular formula is C28H35F3N4O4. The number of ketones is 1. The SMILES string of the molecule is CCOc1c(N(C)C)cc(C(=O)CN2Cc3ccc(C4CC4)nc3C2=N)cc1C(C)(C)C.O=C(O)C(F)(F)F. The average Bonchev–Trinajstić information content (AvgIpc) is 3.63. The molecule has 2 aromatic rings. The molecule has 0 radical (unpaired) electrons. The molecule has 0 atom stereocenters. The van der Waals surface area contributed by atoms with Gasteiger partial charge in [-0.2, -0.15) is 13.2 Å². The van der Waals surface area contributed by atoms with E-state index in [0.717, 1.165) is 34.0 Å². The molecule has 2 aliphatic rings. The van der Waals surface area contributed by atoms with Gasteiger partial charge < -0.3 is 19.6 Å². The van der Waals surface area contributed by atoms with Gasteiger partial charge in [-0.25, -0.2) is 9.78 Å². The monoisotopic (exact) mass is 548 g/mol. The summed E-state index contributed by atoms with van der Waals surface area (Å²) in [5, 5.41) is 15.8. The van der Waals surface area contributed by atoms with Gasteiger partial charge in [-0.05, 0) is 43.4 Å². The second-order valence-electron chi connectivity index (χ2n) is 10.9. The molecule has 0 unspecified atom stereocenters. The largest absolute Gasteiger partial charge is 0.491 e. The molecule has 1 aromatic carbocycles. The molecule has 2 heterocycles. The number of hydrogen-bond donors (Lipinski definition) is 2. The minimum atomic E-state index is -5.08. The second-order valence-corrected chi connectivity index (χ2v) is 10.9. The second kappa shape index (κ2) is 11.2. The molecule has 8 nitrogen and oxygen atoms in total. The number of rotatable bonds is 7. The summed E-state index contributed by atoms with van der Waals surface area (Å²) in [7, 11) is 3.93. The number of aliphatic carboxylic acids is 1. The van der Waals surface area contributed by atoms with Crippen LogP contribution in [0.3, 0.4) is 0 Å². The first-order valence-electron chi connectivity index (χ1n) is 12.7. The van der Waals surface area contributed by atoms with Crippen LogP contribution in [0.1, 0.15) is 79.3 Å². The van der Waals surface area contributed by atoms with Crippen LogP contribution in [0.2, 0.25) is 0 Å². The fourth-order valence-corrected chi connectivity index (χ4v) is 4.24. The molecule has 0 amide bonds. The van der Waals surface area contributed by atoms with Crippen LogP contribution >= 0.6 is 0 Å². The number of aromatic nitrogens is 1. The van der Waals surface area contributed by atoms with Crippen LogP contribution in [0, 0.1) is 5.41 Å². The van der Waals surface area contributed by atoms with Crippen molar-refractivity contribution in [1.29, 1.82) is 5.41 Å². The molecule has 0 spiro atoms. The third-order valence-electron chi connectivity index (χ3n) is 6.44. The van der Waals surface area contributed by atoms with E-state index in [1.807, 2.05) is 43.0 Å². The van der Waals surface area contributed by atoms with Gasteiger partial charge in [0.1, 0.15) is 17.3 Å². The summed E-state index contributed by atoms with van der Waals surface area (Å²) in [6, 6.07) is 8.05. The van der Waals surface area contributed by atoms with Gasteiger partial charge in [0.15, 0.2) is 5.78 Å². The number of carbonyl (C=O) groups excluding carboxylic acids is 1. The zero-order valence-electron chi connectivity index (χ0n) is 23.1. The van der Waals surface area contributed by atoms with Gasteiger partial charge >= 0.3 is 12.1 Å². The fourth-order valence-electron chi connectivity index (χ4n) is 4.24. The zero-order chi connectivity index (χ0) is 29.3. The van der Waals surface area contributed by atoms with E-state index in [2.05, 4.69) is 32.9 Å².